The van der Waals surface area contributed by atoms with Crippen LogP contribution < -0.4 is 5.32 Å². The maximum Gasteiger partial charge on any atom is 0.238 e. The standard InChI is InChI=1S/C18H28N2O/c1-12-7-15(4)18(16(5)8-12)19-17(21)11-20-9-13(2)6-14(3)10-20/h7-8,13-14H,6,9-11H2,1-5H3,(H,19,21)/t13-,14+. The molecule has 0 spiro atoms. The molecule has 0 aromatic heterocycles. The molecular weight excluding hydrogens is 260 g/mol. The normalized spacial score (nSPS) is 23.1. The van der Waals surface area contributed by atoms with Crippen LogP contribution in [0.1, 0.15) is 37.0 Å². The summed E-state index contributed by atoms with van der Waals surface area (Å²) in [6.45, 7) is 13.3. The van der Waals surface area contributed by atoms with Gasteiger partial charge in [-0.3, -0.25) is 9.69 Å². The van der Waals surface area contributed by atoms with E-state index in [1.807, 2.05) is 0 Å². The third-order valence-electron chi connectivity index (χ3n) is 4.25. The fraction of sp³-hybridized carbons (Fsp3) is 0.611. The van der Waals surface area contributed by atoms with Gasteiger partial charge in [0.25, 0.3) is 0 Å². The Labute approximate surface area is 128 Å². The summed E-state index contributed by atoms with van der Waals surface area (Å²) < 4.78 is 0. The van der Waals surface area contributed by atoms with Gasteiger partial charge in [0, 0.05) is 18.8 Å². The van der Waals surface area contributed by atoms with Gasteiger partial charge in [0.05, 0.1) is 6.54 Å². The van der Waals surface area contributed by atoms with Crippen LogP contribution in [0.2, 0.25) is 0 Å². The molecule has 1 saturated heterocycles. The van der Waals surface area contributed by atoms with Crippen LogP contribution in [0.25, 0.3) is 0 Å². The number of nitrogens with zero attached hydrogens (tertiary/aromatic N) is 1. The molecule has 1 N–H and O–H groups in total. The number of carbonyl (C=O) groups excluding carboxylic acids is 1. The van der Waals surface area contributed by atoms with Crippen LogP contribution in [0, 0.1) is 32.6 Å². The molecule has 2 rings (SSSR count). The summed E-state index contributed by atoms with van der Waals surface area (Å²) in [6.07, 6.45) is 1.27. The number of benzene rings is 1. The Bertz CT molecular complexity index is 491. The number of hydrogen-bond acceptors (Lipinski definition) is 2. The molecule has 1 aromatic carbocycles. The number of hydrogen-bond donors (Lipinski definition) is 1. The molecule has 1 amide bonds. The summed E-state index contributed by atoms with van der Waals surface area (Å²) in [5.41, 5.74) is 4.49. The largest absolute Gasteiger partial charge is 0.324 e. The second-order valence-electron chi connectivity index (χ2n) is 6.96. The first-order valence-corrected chi connectivity index (χ1v) is 7.95. The minimum absolute atomic E-state index is 0.103. The Morgan fingerprint density at radius 2 is 1.67 bits per heavy atom. The van der Waals surface area contributed by atoms with E-state index in [1.54, 1.807) is 0 Å². The van der Waals surface area contributed by atoms with Crippen molar-refractivity contribution in [2.24, 2.45) is 11.8 Å². The third kappa shape index (κ3) is 4.31. The van der Waals surface area contributed by atoms with Crippen molar-refractivity contribution in [2.75, 3.05) is 25.0 Å². The average molecular weight is 288 g/mol. The summed E-state index contributed by atoms with van der Waals surface area (Å²) in [4.78, 5) is 14.6. The fourth-order valence-electron chi connectivity index (χ4n) is 3.68. The van der Waals surface area contributed by atoms with Crippen molar-refractivity contribution in [2.45, 2.75) is 41.0 Å². The van der Waals surface area contributed by atoms with Crippen molar-refractivity contribution in [1.29, 1.82) is 0 Å². The van der Waals surface area contributed by atoms with Gasteiger partial charge in [0.1, 0.15) is 0 Å². The third-order valence-corrected chi connectivity index (χ3v) is 4.25. The molecule has 21 heavy (non-hydrogen) atoms. The van der Waals surface area contributed by atoms with E-state index in [9.17, 15) is 4.79 Å². The first kappa shape index (κ1) is 16.0. The molecule has 116 valence electrons. The average Bonchev–Trinajstić information content (AvgIpc) is 2.32. The lowest BCUT2D eigenvalue weighted by Crippen LogP contribution is -2.42. The van der Waals surface area contributed by atoms with Gasteiger partial charge in [0.2, 0.25) is 5.91 Å². The smallest absolute Gasteiger partial charge is 0.238 e. The second-order valence-corrected chi connectivity index (χ2v) is 6.96. The Balaban J connectivity index is 1.99. The van der Waals surface area contributed by atoms with Crippen LogP contribution >= 0.6 is 0 Å². The van der Waals surface area contributed by atoms with E-state index in [2.05, 4.69) is 57.0 Å². The lowest BCUT2D eigenvalue weighted by Gasteiger charge is -2.34. The van der Waals surface area contributed by atoms with Crippen molar-refractivity contribution < 1.29 is 4.79 Å². The predicted octanol–water partition coefficient (Wildman–Crippen LogP) is 3.53. The topological polar surface area (TPSA) is 32.3 Å². The molecule has 1 aliphatic heterocycles. The molecule has 0 aliphatic carbocycles. The van der Waals surface area contributed by atoms with Gasteiger partial charge in [-0.25, -0.2) is 0 Å². The molecule has 3 heteroatoms. The van der Waals surface area contributed by atoms with Gasteiger partial charge in [-0.05, 0) is 50.2 Å². The number of nitrogens with one attached hydrogen (secondary N) is 1. The highest BCUT2D eigenvalue weighted by molar-refractivity contribution is 5.93. The van der Waals surface area contributed by atoms with Gasteiger partial charge < -0.3 is 5.32 Å². The minimum Gasteiger partial charge on any atom is -0.324 e. The first-order valence-electron chi connectivity index (χ1n) is 7.95. The lowest BCUT2D eigenvalue weighted by atomic mass is 9.92. The summed E-state index contributed by atoms with van der Waals surface area (Å²) in [7, 11) is 0. The number of aryl methyl sites for hydroxylation is 3. The van der Waals surface area contributed by atoms with Crippen LogP contribution in [-0.2, 0) is 4.79 Å². The first-order chi connectivity index (χ1) is 9.85. The summed E-state index contributed by atoms with van der Waals surface area (Å²) in [6, 6.07) is 4.24. The Hall–Kier alpha value is -1.35. The number of carbonyl (C=O) groups is 1. The Morgan fingerprint density at radius 1 is 1.14 bits per heavy atom. The highest BCUT2D eigenvalue weighted by atomic mass is 16.2. The lowest BCUT2D eigenvalue weighted by molar-refractivity contribution is -0.117. The highest BCUT2D eigenvalue weighted by Crippen LogP contribution is 2.23. The van der Waals surface area contributed by atoms with Crippen molar-refractivity contribution >= 4 is 11.6 Å². The Kier molecular flexibility index (Phi) is 5.04. The minimum atomic E-state index is 0.103. The van der Waals surface area contributed by atoms with Gasteiger partial charge in [0.15, 0.2) is 0 Å². The molecular formula is C18H28N2O. The summed E-state index contributed by atoms with van der Waals surface area (Å²) in [5.74, 6) is 1.47. The number of piperidine rings is 1. The van der Waals surface area contributed by atoms with E-state index in [1.165, 1.54) is 12.0 Å². The van der Waals surface area contributed by atoms with E-state index in [4.69, 9.17) is 0 Å². The molecule has 2 atom stereocenters. The zero-order chi connectivity index (χ0) is 15.6. The predicted molar refractivity (Wildman–Crippen MR) is 88.7 cm³/mol. The van der Waals surface area contributed by atoms with E-state index in [0.29, 0.717) is 18.4 Å². The molecule has 0 radical (unpaired) electrons. The van der Waals surface area contributed by atoms with E-state index in [0.717, 1.165) is 29.9 Å². The van der Waals surface area contributed by atoms with Gasteiger partial charge in [-0.2, -0.15) is 0 Å². The van der Waals surface area contributed by atoms with Crippen LogP contribution in [-0.4, -0.2) is 30.4 Å². The van der Waals surface area contributed by atoms with Crippen molar-refractivity contribution in [3.8, 4) is 0 Å². The van der Waals surface area contributed by atoms with E-state index in [-0.39, 0.29) is 5.91 Å². The zero-order valence-corrected chi connectivity index (χ0v) is 14.0. The maximum atomic E-state index is 12.3. The number of likely N-dealkylation sites (tertiary alicyclic amines) is 1. The number of rotatable bonds is 3. The molecule has 1 fully saturated rings. The molecule has 0 unspecified atom stereocenters. The van der Waals surface area contributed by atoms with Gasteiger partial charge in [-0.15, -0.1) is 0 Å². The highest BCUT2D eigenvalue weighted by Gasteiger charge is 2.23. The summed E-state index contributed by atoms with van der Waals surface area (Å²) in [5, 5.41) is 3.10. The van der Waals surface area contributed by atoms with Gasteiger partial charge in [-0.1, -0.05) is 31.5 Å². The molecule has 1 aliphatic rings. The molecule has 1 heterocycles. The van der Waals surface area contributed by atoms with Crippen LogP contribution in [0.3, 0.4) is 0 Å². The van der Waals surface area contributed by atoms with Crippen LogP contribution in [0.5, 0.6) is 0 Å². The van der Waals surface area contributed by atoms with Crippen molar-refractivity contribution in [3.63, 3.8) is 0 Å². The summed E-state index contributed by atoms with van der Waals surface area (Å²) >= 11 is 0. The molecule has 1 aromatic rings. The second kappa shape index (κ2) is 6.61. The van der Waals surface area contributed by atoms with E-state index < -0.39 is 0 Å². The monoisotopic (exact) mass is 288 g/mol. The Morgan fingerprint density at radius 3 is 2.19 bits per heavy atom. The molecule has 0 saturated carbocycles. The van der Waals surface area contributed by atoms with Crippen molar-refractivity contribution in [3.05, 3.63) is 28.8 Å². The maximum absolute atomic E-state index is 12.3. The fourth-order valence-corrected chi connectivity index (χ4v) is 3.68. The number of amides is 1. The quantitative estimate of drug-likeness (QED) is 0.923. The number of anilines is 1. The van der Waals surface area contributed by atoms with Crippen LogP contribution in [0.15, 0.2) is 12.1 Å². The van der Waals surface area contributed by atoms with Gasteiger partial charge >= 0.3 is 0 Å². The molecule has 3 nitrogen and oxygen atoms in total. The molecule has 0 bridgehead atoms. The van der Waals surface area contributed by atoms with Crippen LogP contribution in [0.4, 0.5) is 5.69 Å². The van der Waals surface area contributed by atoms with E-state index >= 15 is 0 Å². The SMILES string of the molecule is Cc1cc(C)c(NC(=O)CN2C[C@H](C)C[C@H](C)C2)c(C)c1. The van der Waals surface area contributed by atoms with Crippen molar-refractivity contribution in [1.82, 2.24) is 4.90 Å². The zero-order valence-electron chi connectivity index (χ0n) is 14.0.